The SMILES string of the molecule is CC1(c2cc(NC(=O)c3ccc(C#N)cn3)ccc2F)Cc2cccnc2C(N)=N1. The number of benzene rings is 1. The van der Waals surface area contributed by atoms with Crippen molar-refractivity contribution in [2.75, 3.05) is 5.32 Å². The molecule has 1 amide bonds. The molecular weight excluding hydrogens is 383 g/mol. The summed E-state index contributed by atoms with van der Waals surface area (Å²) in [5.41, 5.74) is 7.83. The number of carbonyl (C=O) groups excluding carboxylic acids is 1. The Balaban J connectivity index is 1.65. The van der Waals surface area contributed by atoms with Crippen LogP contribution in [0.15, 0.2) is 59.9 Å². The highest BCUT2D eigenvalue weighted by atomic mass is 19.1. The van der Waals surface area contributed by atoms with Gasteiger partial charge in [-0.15, -0.1) is 0 Å². The Hall–Kier alpha value is -4.12. The maximum absolute atomic E-state index is 14.8. The number of hydrogen-bond donors (Lipinski definition) is 2. The van der Waals surface area contributed by atoms with E-state index in [1.807, 2.05) is 12.1 Å². The maximum Gasteiger partial charge on any atom is 0.274 e. The molecule has 3 N–H and O–H groups in total. The molecule has 0 saturated carbocycles. The van der Waals surface area contributed by atoms with Crippen LogP contribution >= 0.6 is 0 Å². The van der Waals surface area contributed by atoms with Crippen LogP contribution in [0.2, 0.25) is 0 Å². The lowest BCUT2D eigenvalue weighted by atomic mass is 9.83. The second-order valence-corrected chi connectivity index (χ2v) is 7.15. The predicted molar refractivity (Wildman–Crippen MR) is 109 cm³/mol. The van der Waals surface area contributed by atoms with Gasteiger partial charge in [0, 0.05) is 30.1 Å². The van der Waals surface area contributed by atoms with E-state index in [0.717, 1.165) is 5.56 Å². The molecular formula is C22H17FN6O. The van der Waals surface area contributed by atoms with E-state index in [9.17, 15) is 9.18 Å². The fourth-order valence-electron chi connectivity index (χ4n) is 3.50. The number of fused-ring (bicyclic) bond motifs is 1. The number of nitrogens with one attached hydrogen (secondary N) is 1. The van der Waals surface area contributed by atoms with E-state index in [0.29, 0.717) is 28.9 Å². The van der Waals surface area contributed by atoms with Gasteiger partial charge in [-0.3, -0.25) is 14.8 Å². The van der Waals surface area contributed by atoms with Crippen molar-refractivity contribution in [2.45, 2.75) is 18.9 Å². The molecule has 0 fully saturated rings. The van der Waals surface area contributed by atoms with Gasteiger partial charge in [0.15, 0.2) is 0 Å². The number of nitriles is 1. The molecule has 30 heavy (non-hydrogen) atoms. The van der Waals surface area contributed by atoms with E-state index in [1.165, 1.54) is 30.5 Å². The number of halogens is 1. The van der Waals surface area contributed by atoms with Gasteiger partial charge in [-0.05, 0) is 48.9 Å². The van der Waals surface area contributed by atoms with Gasteiger partial charge in [-0.2, -0.15) is 5.26 Å². The minimum absolute atomic E-state index is 0.144. The van der Waals surface area contributed by atoms with Crippen LogP contribution < -0.4 is 11.1 Å². The van der Waals surface area contributed by atoms with E-state index in [-0.39, 0.29) is 11.5 Å². The zero-order valence-corrected chi connectivity index (χ0v) is 16.1. The maximum atomic E-state index is 14.8. The molecule has 1 unspecified atom stereocenters. The van der Waals surface area contributed by atoms with Crippen LogP contribution in [0.25, 0.3) is 0 Å². The summed E-state index contributed by atoms with van der Waals surface area (Å²) in [6.07, 6.45) is 3.37. The molecule has 0 aliphatic carbocycles. The highest BCUT2D eigenvalue weighted by molar-refractivity contribution is 6.03. The number of rotatable bonds is 3. The second kappa shape index (κ2) is 7.37. The lowest BCUT2D eigenvalue weighted by Gasteiger charge is -2.31. The van der Waals surface area contributed by atoms with Crippen LogP contribution in [-0.2, 0) is 12.0 Å². The Morgan fingerprint density at radius 2 is 2.10 bits per heavy atom. The number of aromatic nitrogens is 2. The van der Waals surface area contributed by atoms with Gasteiger partial charge in [0.2, 0.25) is 0 Å². The van der Waals surface area contributed by atoms with E-state index >= 15 is 0 Å². The lowest BCUT2D eigenvalue weighted by molar-refractivity contribution is 0.102. The van der Waals surface area contributed by atoms with Gasteiger partial charge in [0.25, 0.3) is 5.91 Å². The number of anilines is 1. The summed E-state index contributed by atoms with van der Waals surface area (Å²) in [5, 5.41) is 11.5. The minimum atomic E-state index is -0.947. The molecule has 8 heteroatoms. The summed E-state index contributed by atoms with van der Waals surface area (Å²) in [5.74, 6) is -0.672. The molecule has 2 aromatic heterocycles. The van der Waals surface area contributed by atoms with Gasteiger partial charge in [0.05, 0.1) is 11.1 Å². The van der Waals surface area contributed by atoms with Gasteiger partial charge in [0.1, 0.15) is 29.1 Å². The van der Waals surface area contributed by atoms with E-state index < -0.39 is 17.3 Å². The molecule has 3 heterocycles. The second-order valence-electron chi connectivity index (χ2n) is 7.15. The number of amidine groups is 1. The Labute approximate surface area is 172 Å². The lowest BCUT2D eigenvalue weighted by Crippen LogP contribution is -2.34. The van der Waals surface area contributed by atoms with E-state index in [4.69, 9.17) is 11.0 Å². The number of pyridine rings is 2. The smallest absolute Gasteiger partial charge is 0.274 e. The fraction of sp³-hybridized carbons (Fsp3) is 0.136. The average Bonchev–Trinajstić information content (AvgIpc) is 2.75. The minimum Gasteiger partial charge on any atom is -0.382 e. The number of nitrogens with two attached hydrogens (primary N) is 1. The third-order valence-corrected chi connectivity index (χ3v) is 4.97. The molecule has 0 radical (unpaired) electrons. The van der Waals surface area contributed by atoms with Crippen LogP contribution in [0.4, 0.5) is 10.1 Å². The van der Waals surface area contributed by atoms with Crippen molar-refractivity contribution in [3.63, 3.8) is 0 Å². The molecule has 1 atom stereocenters. The molecule has 1 aliphatic rings. The van der Waals surface area contributed by atoms with Gasteiger partial charge in [-0.25, -0.2) is 9.37 Å². The summed E-state index contributed by atoms with van der Waals surface area (Å²) in [6, 6.07) is 12.9. The summed E-state index contributed by atoms with van der Waals surface area (Å²) in [7, 11) is 0. The summed E-state index contributed by atoms with van der Waals surface area (Å²) in [6.45, 7) is 1.79. The van der Waals surface area contributed by atoms with Crippen molar-refractivity contribution >= 4 is 17.4 Å². The number of hydrogen-bond acceptors (Lipinski definition) is 6. The first-order valence-electron chi connectivity index (χ1n) is 9.17. The van der Waals surface area contributed by atoms with Crippen LogP contribution in [0.3, 0.4) is 0 Å². The van der Waals surface area contributed by atoms with Crippen molar-refractivity contribution in [1.29, 1.82) is 5.26 Å². The van der Waals surface area contributed by atoms with Crippen LogP contribution in [0.1, 0.15) is 39.8 Å². The van der Waals surface area contributed by atoms with Gasteiger partial charge >= 0.3 is 0 Å². The molecule has 3 aromatic rings. The molecule has 148 valence electrons. The first-order chi connectivity index (χ1) is 14.4. The van der Waals surface area contributed by atoms with Gasteiger partial charge < -0.3 is 11.1 Å². The Kier molecular flexibility index (Phi) is 4.72. The van der Waals surface area contributed by atoms with Crippen molar-refractivity contribution in [3.8, 4) is 6.07 Å². The Morgan fingerprint density at radius 1 is 1.27 bits per heavy atom. The highest BCUT2D eigenvalue weighted by Crippen LogP contribution is 2.36. The summed E-state index contributed by atoms with van der Waals surface area (Å²) in [4.78, 5) is 25.2. The summed E-state index contributed by atoms with van der Waals surface area (Å²) >= 11 is 0. The molecule has 4 rings (SSSR count). The van der Waals surface area contributed by atoms with Gasteiger partial charge in [-0.1, -0.05) is 6.07 Å². The normalized spacial score (nSPS) is 17.4. The molecule has 7 nitrogen and oxygen atoms in total. The molecule has 1 aliphatic heterocycles. The van der Waals surface area contributed by atoms with Crippen LogP contribution in [-0.4, -0.2) is 21.7 Å². The number of carbonyl (C=O) groups is 1. The molecule has 0 bridgehead atoms. The summed E-state index contributed by atoms with van der Waals surface area (Å²) < 4.78 is 14.8. The monoisotopic (exact) mass is 400 g/mol. The third-order valence-electron chi connectivity index (χ3n) is 4.97. The van der Waals surface area contributed by atoms with Crippen molar-refractivity contribution in [3.05, 3.63) is 88.8 Å². The Bertz CT molecular complexity index is 1220. The topological polar surface area (TPSA) is 117 Å². The zero-order valence-electron chi connectivity index (χ0n) is 16.1. The zero-order chi connectivity index (χ0) is 21.3. The number of nitrogens with zero attached hydrogens (tertiary/aromatic N) is 4. The first-order valence-corrected chi connectivity index (χ1v) is 9.17. The molecule has 0 saturated heterocycles. The third kappa shape index (κ3) is 3.49. The predicted octanol–water partition coefficient (Wildman–Crippen LogP) is 2.92. The van der Waals surface area contributed by atoms with Crippen LogP contribution in [0.5, 0.6) is 0 Å². The van der Waals surface area contributed by atoms with E-state index in [2.05, 4.69) is 20.3 Å². The van der Waals surface area contributed by atoms with Crippen molar-refractivity contribution in [2.24, 2.45) is 10.7 Å². The standard InChI is InChI=1S/C22H17FN6O/c1-22(10-14-3-2-8-26-19(14)20(25)29-22)16-9-15(5-6-17(16)23)28-21(30)18-7-4-13(11-24)12-27-18/h2-9,12H,10H2,1H3,(H2,25,29)(H,28,30). The average molecular weight is 400 g/mol. The van der Waals surface area contributed by atoms with Crippen LogP contribution in [0, 0.1) is 17.1 Å². The van der Waals surface area contributed by atoms with Crippen molar-refractivity contribution in [1.82, 2.24) is 9.97 Å². The van der Waals surface area contributed by atoms with Crippen molar-refractivity contribution < 1.29 is 9.18 Å². The molecule has 1 aromatic carbocycles. The Morgan fingerprint density at radius 3 is 2.83 bits per heavy atom. The van der Waals surface area contributed by atoms with E-state index in [1.54, 1.807) is 25.3 Å². The quantitative estimate of drug-likeness (QED) is 0.701. The highest BCUT2D eigenvalue weighted by Gasteiger charge is 2.35. The fourth-order valence-corrected chi connectivity index (χ4v) is 3.50. The largest absolute Gasteiger partial charge is 0.382 e. The molecule has 0 spiro atoms. The number of amides is 1. The number of aliphatic imine (C=N–C) groups is 1. The first kappa shape index (κ1) is 19.2.